The van der Waals surface area contributed by atoms with Gasteiger partial charge in [0.15, 0.2) is 8.32 Å². The first-order valence-corrected chi connectivity index (χ1v) is 13.4. The summed E-state index contributed by atoms with van der Waals surface area (Å²) in [7, 11) is -1.55. The molecule has 3 nitrogen and oxygen atoms in total. The van der Waals surface area contributed by atoms with Gasteiger partial charge in [0.2, 0.25) is 0 Å². The number of carbonyl (C=O) groups excluding carboxylic acids is 1. The van der Waals surface area contributed by atoms with Crippen molar-refractivity contribution in [1.29, 1.82) is 0 Å². The van der Waals surface area contributed by atoms with Gasteiger partial charge in [-0.15, -0.1) is 0 Å². The van der Waals surface area contributed by atoms with E-state index >= 15 is 0 Å². The summed E-state index contributed by atoms with van der Waals surface area (Å²) < 4.78 is 12.3. The van der Waals surface area contributed by atoms with Crippen molar-refractivity contribution < 1.29 is 14.0 Å². The molecule has 0 saturated heterocycles. The van der Waals surface area contributed by atoms with E-state index in [1.54, 1.807) is 0 Å². The minimum atomic E-state index is -1.55. The molecule has 1 saturated carbocycles. The maximum atomic E-state index is 11.8. The molecule has 1 fully saturated rings. The lowest BCUT2D eigenvalue weighted by Crippen LogP contribution is -2.40. The van der Waals surface area contributed by atoms with Gasteiger partial charge >= 0.3 is 0 Å². The molecule has 2 rings (SSSR count). The van der Waals surface area contributed by atoms with Crippen LogP contribution < -0.4 is 0 Å². The van der Waals surface area contributed by atoms with E-state index in [0.29, 0.717) is 19.3 Å². The van der Waals surface area contributed by atoms with E-state index in [1.165, 1.54) is 30.7 Å². The lowest BCUT2D eigenvalue weighted by Gasteiger charge is -2.39. The second-order valence-corrected chi connectivity index (χ2v) is 12.7. The zero-order valence-electron chi connectivity index (χ0n) is 16.8. The Morgan fingerprint density at radius 2 is 1.88 bits per heavy atom. The Morgan fingerprint density at radius 1 is 1.19 bits per heavy atom. The molecule has 0 N–H and O–H groups in total. The monoisotopic (exact) mass is 376 g/mol. The predicted octanol–water partition coefficient (Wildman–Crippen LogP) is 5.74. The Hall–Kier alpha value is -0.973. The minimum Gasteiger partial charge on any atom is -0.414 e. The fraction of sp³-hybridized carbons (Fsp3) is 0.682. The highest BCUT2D eigenvalue weighted by Gasteiger charge is 2.37. The Labute approximate surface area is 160 Å². The molecule has 1 aliphatic rings. The minimum absolute atomic E-state index is 0.203. The third-order valence-corrected chi connectivity index (χ3v) is 8.18. The average Bonchev–Trinajstić information content (AvgIpc) is 2.66. The molecule has 1 aliphatic carbocycles. The molecule has 0 bridgehead atoms. The van der Waals surface area contributed by atoms with Crippen LogP contribution in [0.25, 0.3) is 0 Å². The summed E-state index contributed by atoms with van der Waals surface area (Å²) >= 11 is 0. The van der Waals surface area contributed by atoms with Gasteiger partial charge in [0.1, 0.15) is 6.29 Å². The summed E-state index contributed by atoms with van der Waals surface area (Å²) in [4.78, 5) is 11.8. The molecule has 0 heterocycles. The van der Waals surface area contributed by atoms with Crippen LogP contribution in [0.1, 0.15) is 57.4 Å². The maximum absolute atomic E-state index is 11.8. The zero-order valence-corrected chi connectivity index (χ0v) is 17.8. The van der Waals surface area contributed by atoms with Crippen molar-refractivity contribution in [3.8, 4) is 0 Å². The summed E-state index contributed by atoms with van der Waals surface area (Å²) in [6.07, 6.45) is 8.78. The molecule has 0 amide bonds. The van der Waals surface area contributed by atoms with Crippen LogP contribution in [0.15, 0.2) is 30.3 Å². The van der Waals surface area contributed by atoms with Gasteiger partial charge in [0, 0.05) is 18.1 Å². The smallest absolute Gasteiger partial charge is 0.187 e. The van der Waals surface area contributed by atoms with Gasteiger partial charge in [-0.2, -0.15) is 0 Å². The van der Waals surface area contributed by atoms with Crippen molar-refractivity contribution in [2.75, 3.05) is 6.61 Å². The molecule has 0 radical (unpaired) electrons. The van der Waals surface area contributed by atoms with E-state index in [4.69, 9.17) is 9.16 Å². The Bertz CT molecular complexity index is 521. The van der Waals surface area contributed by atoms with E-state index in [2.05, 4.69) is 32.2 Å². The highest BCUT2D eigenvalue weighted by Crippen LogP contribution is 2.39. The van der Waals surface area contributed by atoms with Crippen molar-refractivity contribution in [2.24, 2.45) is 5.41 Å². The maximum Gasteiger partial charge on any atom is 0.187 e. The summed E-state index contributed by atoms with van der Waals surface area (Å²) in [5.74, 6) is 0. The van der Waals surface area contributed by atoms with E-state index in [9.17, 15) is 4.79 Å². The van der Waals surface area contributed by atoms with Gasteiger partial charge in [-0.1, -0.05) is 50.1 Å². The Kier molecular flexibility index (Phi) is 8.52. The fourth-order valence-electron chi connectivity index (χ4n) is 3.86. The van der Waals surface area contributed by atoms with Crippen molar-refractivity contribution >= 4 is 14.6 Å². The second-order valence-electron chi connectivity index (χ2n) is 8.45. The molecule has 0 aromatic heterocycles. The first-order valence-electron chi connectivity index (χ1n) is 10.2. The molecule has 0 atom stereocenters. The molecule has 1 aromatic carbocycles. The molecule has 0 spiro atoms. The van der Waals surface area contributed by atoms with Crippen molar-refractivity contribution in [3.05, 3.63) is 35.9 Å². The largest absolute Gasteiger partial charge is 0.414 e. The van der Waals surface area contributed by atoms with Crippen LogP contribution in [-0.2, 0) is 20.6 Å². The van der Waals surface area contributed by atoms with Crippen LogP contribution in [0.4, 0.5) is 0 Å². The predicted molar refractivity (Wildman–Crippen MR) is 110 cm³/mol. The summed E-state index contributed by atoms with van der Waals surface area (Å²) in [6.45, 7) is 8.18. The van der Waals surface area contributed by atoms with Gasteiger partial charge in [-0.05, 0) is 56.8 Å². The molecular weight excluding hydrogens is 340 g/mol. The number of unbranched alkanes of at least 4 members (excludes halogenated alkanes) is 1. The number of hydrogen-bond acceptors (Lipinski definition) is 3. The number of ether oxygens (including phenoxy) is 1. The third-order valence-electron chi connectivity index (χ3n) is 5.65. The van der Waals surface area contributed by atoms with Crippen LogP contribution in [-0.4, -0.2) is 27.3 Å². The van der Waals surface area contributed by atoms with Crippen LogP contribution in [0.2, 0.25) is 19.1 Å². The average molecular weight is 377 g/mol. The van der Waals surface area contributed by atoms with E-state index < -0.39 is 8.32 Å². The number of rotatable bonds is 11. The molecule has 1 aromatic rings. The van der Waals surface area contributed by atoms with Crippen molar-refractivity contribution in [2.45, 2.75) is 83.7 Å². The Balaban J connectivity index is 1.73. The number of carbonyl (C=O) groups is 1. The molecule has 0 unspecified atom stereocenters. The third kappa shape index (κ3) is 6.97. The van der Waals surface area contributed by atoms with Crippen LogP contribution in [0, 0.1) is 5.41 Å². The van der Waals surface area contributed by atoms with Gasteiger partial charge in [0.05, 0.1) is 6.61 Å². The molecule has 26 heavy (non-hydrogen) atoms. The van der Waals surface area contributed by atoms with Crippen LogP contribution >= 0.6 is 0 Å². The van der Waals surface area contributed by atoms with E-state index in [-0.39, 0.29) is 5.41 Å². The lowest BCUT2D eigenvalue weighted by molar-refractivity contribution is -0.120. The number of aldehydes is 1. The second kappa shape index (κ2) is 10.4. The van der Waals surface area contributed by atoms with E-state index in [1.807, 2.05) is 18.2 Å². The van der Waals surface area contributed by atoms with Crippen molar-refractivity contribution in [1.82, 2.24) is 0 Å². The summed E-state index contributed by atoms with van der Waals surface area (Å²) in [5, 5.41) is 0. The molecule has 146 valence electrons. The van der Waals surface area contributed by atoms with Gasteiger partial charge in [0.25, 0.3) is 0 Å². The zero-order chi connectivity index (χ0) is 18.9. The lowest BCUT2D eigenvalue weighted by atomic mass is 9.72. The van der Waals surface area contributed by atoms with Gasteiger partial charge in [-0.25, -0.2) is 0 Å². The topological polar surface area (TPSA) is 35.5 Å². The van der Waals surface area contributed by atoms with E-state index in [0.717, 1.165) is 32.1 Å². The summed E-state index contributed by atoms with van der Waals surface area (Å²) in [5.41, 5.74) is 0.982. The Morgan fingerprint density at radius 3 is 2.50 bits per heavy atom. The molecule has 0 aliphatic heterocycles. The quantitative estimate of drug-likeness (QED) is 0.280. The fourth-order valence-corrected chi connectivity index (χ4v) is 6.32. The standard InChI is InChI=1S/C22H36O3Si/c1-4-5-17-26(2,3)25-21-11-13-22(19-23,14-12-21)15-16-24-18-20-9-7-6-8-10-20/h6-10,19,21H,4-5,11-18H2,1-3H3. The highest BCUT2D eigenvalue weighted by molar-refractivity contribution is 6.71. The molecular formula is C22H36O3Si. The summed E-state index contributed by atoms with van der Waals surface area (Å²) in [6, 6.07) is 11.4. The number of hydrogen-bond donors (Lipinski definition) is 0. The van der Waals surface area contributed by atoms with Crippen molar-refractivity contribution in [3.63, 3.8) is 0 Å². The first-order chi connectivity index (χ1) is 12.5. The molecule has 4 heteroatoms. The van der Waals surface area contributed by atoms with Crippen LogP contribution in [0.3, 0.4) is 0 Å². The van der Waals surface area contributed by atoms with Crippen LogP contribution in [0.5, 0.6) is 0 Å². The highest BCUT2D eigenvalue weighted by atomic mass is 28.4. The normalized spacial score (nSPS) is 23.7. The van der Waals surface area contributed by atoms with Gasteiger partial charge in [-0.3, -0.25) is 0 Å². The first kappa shape index (κ1) is 21.3. The SMILES string of the molecule is CCCC[Si](C)(C)OC1CCC(C=O)(CCOCc2ccccc2)CC1. The number of benzene rings is 1. The van der Waals surface area contributed by atoms with Gasteiger partial charge < -0.3 is 14.0 Å².